The minimum Gasteiger partial charge on any atom is -0.384 e. The number of nitrogens with zero attached hydrogens (tertiary/aromatic N) is 2. The fourth-order valence-electron chi connectivity index (χ4n) is 2.04. The van der Waals surface area contributed by atoms with Gasteiger partial charge in [-0.1, -0.05) is 20.8 Å². The Morgan fingerprint density at radius 3 is 2.53 bits per heavy atom. The lowest BCUT2D eigenvalue weighted by atomic mass is 9.92. The van der Waals surface area contributed by atoms with Gasteiger partial charge in [0.1, 0.15) is 5.82 Å². The van der Waals surface area contributed by atoms with Crippen molar-refractivity contribution in [1.82, 2.24) is 9.78 Å². The minimum atomic E-state index is -2.90. The second-order valence-corrected chi connectivity index (χ2v) is 7.93. The van der Waals surface area contributed by atoms with E-state index in [0.29, 0.717) is 12.2 Å². The molecule has 0 saturated carbocycles. The first-order valence-electron chi connectivity index (χ1n) is 5.75. The molecule has 96 valence electrons. The smallest absolute Gasteiger partial charge is 0.152 e. The van der Waals surface area contributed by atoms with Crippen LogP contribution < -0.4 is 5.73 Å². The summed E-state index contributed by atoms with van der Waals surface area (Å²) in [6.07, 6.45) is 0.609. The van der Waals surface area contributed by atoms with Crippen molar-refractivity contribution in [1.29, 1.82) is 0 Å². The van der Waals surface area contributed by atoms with Gasteiger partial charge in [-0.25, -0.2) is 13.1 Å². The van der Waals surface area contributed by atoms with Crippen LogP contribution in [-0.2, 0) is 15.3 Å². The van der Waals surface area contributed by atoms with E-state index in [4.69, 9.17) is 5.73 Å². The number of hydrogen-bond acceptors (Lipinski definition) is 4. The standard InChI is InChI=1S/C11H19N3O2S/c1-11(2,3)9-6-10(12)14(13-9)8-4-5-17(15,16)7-8/h6,8H,4-5,7,12H2,1-3H3/t8-/m0/s1. The molecular weight excluding hydrogens is 238 g/mol. The van der Waals surface area contributed by atoms with Gasteiger partial charge < -0.3 is 5.73 Å². The molecule has 2 rings (SSSR count). The van der Waals surface area contributed by atoms with Crippen LogP contribution in [0.4, 0.5) is 5.82 Å². The molecule has 1 saturated heterocycles. The van der Waals surface area contributed by atoms with E-state index in [1.807, 2.05) is 6.07 Å². The Morgan fingerprint density at radius 2 is 2.12 bits per heavy atom. The average molecular weight is 257 g/mol. The Morgan fingerprint density at radius 1 is 1.47 bits per heavy atom. The first-order valence-corrected chi connectivity index (χ1v) is 7.57. The molecule has 2 heterocycles. The van der Waals surface area contributed by atoms with Gasteiger partial charge in [-0.15, -0.1) is 0 Å². The zero-order valence-corrected chi connectivity index (χ0v) is 11.3. The summed E-state index contributed by atoms with van der Waals surface area (Å²) in [5.41, 5.74) is 6.74. The Bertz CT molecular complexity index is 525. The molecular formula is C11H19N3O2S. The number of nitrogens with two attached hydrogens (primary N) is 1. The summed E-state index contributed by atoms with van der Waals surface area (Å²) >= 11 is 0. The van der Waals surface area contributed by atoms with Crippen molar-refractivity contribution in [3.05, 3.63) is 11.8 Å². The van der Waals surface area contributed by atoms with Gasteiger partial charge in [0.25, 0.3) is 0 Å². The lowest BCUT2D eigenvalue weighted by molar-refractivity contribution is 0.479. The molecule has 17 heavy (non-hydrogen) atoms. The Kier molecular flexibility index (Phi) is 2.72. The van der Waals surface area contributed by atoms with Gasteiger partial charge in [0, 0.05) is 11.5 Å². The van der Waals surface area contributed by atoms with Crippen molar-refractivity contribution in [2.75, 3.05) is 17.2 Å². The molecule has 2 N–H and O–H groups in total. The Hall–Kier alpha value is -1.04. The van der Waals surface area contributed by atoms with E-state index in [9.17, 15) is 8.42 Å². The Balaban J connectivity index is 2.32. The highest BCUT2D eigenvalue weighted by atomic mass is 32.2. The van der Waals surface area contributed by atoms with Crippen molar-refractivity contribution in [3.63, 3.8) is 0 Å². The second kappa shape index (κ2) is 3.73. The fourth-order valence-corrected chi connectivity index (χ4v) is 3.73. The van der Waals surface area contributed by atoms with E-state index in [1.165, 1.54) is 0 Å². The van der Waals surface area contributed by atoms with Crippen molar-refractivity contribution < 1.29 is 8.42 Å². The van der Waals surface area contributed by atoms with E-state index >= 15 is 0 Å². The predicted octanol–water partition coefficient (Wildman–Crippen LogP) is 1.12. The lowest BCUT2D eigenvalue weighted by Crippen LogP contribution is -2.17. The second-order valence-electron chi connectivity index (χ2n) is 5.71. The van der Waals surface area contributed by atoms with Crippen LogP contribution in [-0.4, -0.2) is 29.7 Å². The molecule has 5 nitrogen and oxygen atoms in total. The van der Waals surface area contributed by atoms with E-state index < -0.39 is 9.84 Å². The minimum absolute atomic E-state index is 0.0726. The van der Waals surface area contributed by atoms with Crippen LogP contribution in [0.1, 0.15) is 38.9 Å². The zero-order valence-electron chi connectivity index (χ0n) is 10.5. The van der Waals surface area contributed by atoms with Crippen molar-refractivity contribution in [2.45, 2.75) is 38.6 Å². The lowest BCUT2D eigenvalue weighted by Gasteiger charge is -2.15. The van der Waals surface area contributed by atoms with Gasteiger partial charge in [-0.3, -0.25) is 0 Å². The normalized spacial score (nSPS) is 24.1. The van der Waals surface area contributed by atoms with Crippen LogP contribution in [0.3, 0.4) is 0 Å². The maximum absolute atomic E-state index is 11.4. The number of rotatable bonds is 1. The van der Waals surface area contributed by atoms with Crippen molar-refractivity contribution >= 4 is 15.7 Å². The van der Waals surface area contributed by atoms with Gasteiger partial charge >= 0.3 is 0 Å². The number of hydrogen-bond donors (Lipinski definition) is 1. The maximum atomic E-state index is 11.4. The van der Waals surface area contributed by atoms with E-state index in [1.54, 1.807) is 4.68 Å². The van der Waals surface area contributed by atoms with Crippen LogP contribution in [0, 0.1) is 0 Å². The van der Waals surface area contributed by atoms with E-state index in [2.05, 4.69) is 25.9 Å². The maximum Gasteiger partial charge on any atom is 0.152 e. The molecule has 1 aromatic rings. The summed E-state index contributed by atoms with van der Waals surface area (Å²) in [5.74, 6) is 0.946. The number of sulfone groups is 1. The molecule has 1 aliphatic rings. The predicted molar refractivity (Wildman–Crippen MR) is 67.6 cm³/mol. The molecule has 0 bridgehead atoms. The topological polar surface area (TPSA) is 78.0 Å². The summed E-state index contributed by atoms with van der Waals surface area (Å²) in [7, 11) is -2.90. The average Bonchev–Trinajstić information content (AvgIpc) is 2.68. The van der Waals surface area contributed by atoms with Crippen LogP contribution >= 0.6 is 0 Å². The first kappa shape index (κ1) is 12.4. The number of aromatic nitrogens is 2. The van der Waals surface area contributed by atoms with Crippen LogP contribution in [0.15, 0.2) is 6.07 Å². The highest BCUT2D eigenvalue weighted by molar-refractivity contribution is 7.91. The molecule has 0 spiro atoms. The highest BCUT2D eigenvalue weighted by Gasteiger charge is 2.31. The molecule has 0 unspecified atom stereocenters. The molecule has 0 aromatic carbocycles. The van der Waals surface area contributed by atoms with E-state index in [-0.39, 0.29) is 23.0 Å². The van der Waals surface area contributed by atoms with Gasteiger partial charge in [0.2, 0.25) is 0 Å². The summed E-state index contributed by atoms with van der Waals surface area (Å²) in [6.45, 7) is 6.18. The van der Waals surface area contributed by atoms with Gasteiger partial charge in [0.15, 0.2) is 9.84 Å². The highest BCUT2D eigenvalue weighted by Crippen LogP contribution is 2.29. The van der Waals surface area contributed by atoms with Crippen LogP contribution in [0.25, 0.3) is 0 Å². The third-order valence-corrected chi connectivity index (χ3v) is 4.84. The first-order chi connectivity index (χ1) is 7.69. The van der Waals surface area contributed by atoms with E-state index in [0.717, 1.165) is 5.69 Å². The quantitative estimate of drug-likeness (QED) is 0.818. The fraction of sp³-hybridized carbons (Fsp3) is 0.727. The van der Waals surface area contributed by atoms with Crippen molar-refractivity contribution in [3.8, 4) is 0 Å². The van der Waals surface area contributed by atoms with Crippen LogP contribution in [0.5, 0.6) is 0 Å². The van der Waals surface area contributed by atoms with Gasteiger partial charge in [-0.2, -0.15) is 5.10 Å². The monoisotopic (exact) mass is 257 g/mol. The van der Waals surface area contributed by atoms with Crippen molar-refractivity contribution in [2.24, 2.45) is 0 Å². The third kappa shape index (κ3) is 2.46. The van der Waals surface area contributed by atoms with Gasteiger partial charge in [0.05, 0.1) is 23.2 Å². The SMILES string of the molecule is CC(C)(C)c1cc(N)n([C@H]2CCS(=O)(=O)C2)n1. The van der Waals surface area contributed by atoms with Gasteiger partial charge in [-0.05, 0) is 6.42 Å². The summed E-state index contributed by atoms with van der Waals surface area (Å²) in [4.78, 5) is 0. The zero-order chi connectivity index (χ0) is 12.8. The Labute approximate surface area is 102 Å². The largest absolute Gasteiger partial charge is 0.384 e. The molecule has 1 fully saturated rings. The summed E-state index contributed by atoms with van der Waals surface area (Å²) in [5, 5.41) is 4.46. The molecule has 1 atom stereocenters. The molecule has 0 radical (unpaired) electrons. The third-order valence-electron chi connectivity index (χ3n) is 3.09. The molecule has 1 aromatic heterocycles. The molecule has 6 heteroatoms. The molecule has 0 amide bonds. The summed E-state index contributed by atoms with van der Waals surface area (Å²) in [6, 6.07) is 1.74. The van der Waals surface area contributed by atoms with Crippen LogP contribution in [0.2, 0.25) is 0 Å². The number of nitrogen functional groups attached to an aromatic ring is 1. The summed E-state index contributed by atoms with van der Waals surface area (Å²) < 4.78 is 24.6. The molecule has 0 aliphatic carbocycles. The molecule has 1 aliphatic heterocycles. The number of anilines is 1.